The Hall–Kier alpha value is -1.32. The Kier molecular flexibility index (Phi) is 3.50. The second-order valence-electron chi connectivity index (χ2n) is 2.94. The third kappa shape index (κ3) is 2.87. The van der Waals surface area contributed by atoms with E-state index in [0.29, 0.717) is 9.39 Å². The van der Waals surface area contributed by atoms with Crippen LogP contribution in [0, 0.1) is 9.39 Å². The van der Waals surface area contributed by atoms with E-state index in [0.717, 1.165) is 6.20 Å². The van der Waals surface area contributed by atoms with Gasteiger partial charge in [-0.25, -0.2) is 14.1 Å². The molecule has 8 heteroatoms. The molecule has 0 radical (unpaired) electrons. The summed E-state index contributed by atoms with van der Waals surface area (Å²) in [5.41, 5.74) is 0. The molecule has 0 unspecified atom stereocenters. The van der Waals surface area contributed by atoms with Gasteiger partial charge in [0.15, 0.2) is 5.82 Å². The van der Waals surface area contributed by atoms with Gasteiger partial charge in [-0.1, -0.05) is 0 Å². The van der Waals surface area contributed by atoms with Gasteiger partial charge in [-0.05, 0) is 34.7 Å². The molecule has 0 spiro atoms. The van der Waals surface area contributed by atoms with Crippen molar-refractivity contribution >= 4 is 22.6 Å². The number of pyridine rings is 1. The Morgan fingerprint density at radius 2 is 2.12 bits per heavy atom. The maximum absolute atomic E-state index is 12.6. The molecule has 2 aromatic rings. The SMILES string of the molecule is Fc1ccc(-n2cc(I)c(OC(F)F)n2)nc1. The zero-order valence-corrected chi connectivity index (χ0v) is 10.3. The Morgan fingerprint density at radius 1 is 1.35 bits per heavy atom. The molecule has 0 aromatic carbocycles. The summed E-state index contributed by atoms with van der Waals surface area (Å²) in [6, 6.07) is 2.58. The molecule has 0 amide bonds. The molecular weight excluding hydrogens is 350 g/mol. The van der Waals surface area contributed by atoms with Crippen molar-refractivity contribution < 1.29 is 17.9 Å². The molecule has 0 aliphatic heterocycles. The van der Waals surface area contributed by atoms with Crippen molar-refractivity contribution in [3.05, 3.63) is 33.9 Å². The smallest absolute Gasteiger partial charge is 0.388 e. The van der Waals surface area contributed by atoms with Crippen molar-refractivity contribution in [2.75, 3.05) is 0 Å². The van der Waals surface area contributed by atoms with E-state index in [1.807, 2.05) is 0 Å². The number of aromatic nitrogens is 3. The van der Waals surface area contributed by atoms with Crippen LogP contribution in [0.25, 0.3) is 5.82 Å². The van der Waals surface area contributed by atoms with Crippen molar-refractivity contribution in [2.24, 2.45) is 0 Å². The minimum absolute atomic E-state index is 0.188. The van der Waals surface area contributed by atoms with Gasteiger partial charge in [0.05, 0.1) is 9.77 Å². The Morgan fingerprint density at radius 3 is 2.71 bits per heavy atom. The third-order valence-electron chi connectivity index (χ3n) is 1.79. The first kappa shape index (κ1) is 12.1. The monoisotopic (exact) mass is 355 g/mol. The summed E-state index contributed by atoms with van der Waals surface area (Å²) in [6.45, 7) is -2.94. The van der Waals surface area contributed by atoms with Gasteiger partial charge in [-0.2, -0.15) is 8.78 Å². The number of alkyl halides is 2. The molecule has 0 aliphatic rings. The summed E-state index contributed by atoms with van der Waals surface area (Å²) in [4.78, 5) is 3.76. The average molecular weight is 355 g/mol. The highest BCUT2D eigenvalue weighted by Gasteiger charge is 2.13. The van der Waals surface area contributed by atoms with Crippen LogP contribution >= 0.6 is 22.6 Å². The summed E-state index contributed by atoms with van der Waals surface area (Å²) in [6.07, 6.45) is 2.47. The van der Waals surface area contributed by atoms with Crippen LogP contribution in [0.5, 0.6) is 5.88 Å². The second kappa shape index (κ2) is 4.90. The van der Waals surface area contributed by atoms with Crippen molar-refractivity contribution in [3.8, 4) is 11.7 Å². The lowest BCUT2D eigenvalue weighted by molar-refractivity contribution is -0.0536. The summed E-state index contributed by atoms with van der Waals surface area (Å²) in [5.74, 6) is -0.361. The number of hydrogen-bond acceptors (Lipinski definition) is 3. The minimum Gasteiger partial charge on any atom is -0.414 e. The summed E-state index contributed by atoms with van der Waals surface area (Å²) in [7, 11) is 0. The van der Waals surface area contributed by atoms with Gasteiger partial charge in [0.2, 0.25) is 0 Å². The van der Waals surface area contributed by atoms with Gasteiger partial charge >= 0.3 is 6.61 Å². The Balaban J connectivity index is 2.31. The van der Waals surface area contributed by atoms with E-state index in [1.54, 1.807) is 22.6 Å². The van der Waals surface area contributed by atoms with E-state index in [9.17, 15) is 13.2 Å². The molecule has 0 saturated heterocycles. The van der Waals surface area contributed by atoms with E-state index in [4.69, 9.17) is 0 Å². The lowest BCUT2D eigenvalue weighted by Gasteiger charge is -2.00. The minimum atomic E-state index is -2.94. The molecule has 0 aliphatic carbocycles. The fourth-order valence-electron chi connectivity index (χ4n) is 1.12. The maximum Gasteiger partial charge on any atom is 0.388 e. The van der Waals surface area contributed by atoms with Gasteiger partial charge in [-0.3, -0.25) is 0 Å². The molecule has 0 fully saturated rings. The van der Waals surface area contributed by atoms with Crippen molar-refractivity contribution in [3.63, 3.8) is 0 Å². The molecule has 0 saturated carbocycles. The Labute approximate surface area is 108 Å². The van der Waals surface area contributed by atoms with Crippen LogP contribution in [0.15, 0.2) is 24.5 Å². The first-order valence-electron chi connectivity index (χ1n) is 4.38. The predicted octanol–water partition coefficient (Wildman–Crippen LogP) is 2.61. The summed E-state index contributed by atoms with van der Waals surface area (Å²) in [5, 5.41) is 3.77. The normalized spacial score (nSPS) is 10.9. The highest BCUT2D eigenvalue weighted by atomic mass is 127. The van der Waals surface area contributed by atoms with Gasteiger partial charge in [0, 0.05) is 6.20 Å². The number of halogens is 4. The van der Waals surface area contributed by atoms with Crippen molar-refractivity contribution in [2.45, 2.75) is 6.61 Å². The van der Waals surface area contributed by atoms with Gasteiger partial charge in [0.1, 0.15) is 5.82 Å². The second-order valence-corrected chi connectivity index (χ2v) is 4.10. The van der Waals surface area contributed by atoms with Crippen LogP contribution in [-0.2, 0) is 0 Å². The van der Waals surface area contributed by atoms with E-state index in [1.165, 1.54) is 23.0 Å². The molecule has 0 atom stereocenters. The topological polar surface area (TPSA) is 39.9 Å². The van der Waals surface area contributed by atoms with E-state index in [2.05, 4.69) is 14.8 Å². The van der Waals surface area contributed by atoms with Crippen LogP contribution in [0.1, 0.15) is 0 Å². The molecule has 90 valence electrons. The molecular formula is C9H5F3IN3O. The molecule has 2 aromatic heterocycles. The fraction of sp³-hybridized carbons (Fsp3) is 0.111. The molecule has 4 nitrogen and oxygen atoms in total. The van der Waals surface area contributed by atoms with E-state index >= 15 is 0 Å². The lowest BCUT2D eigenvalue weighted by Crippen LogP contribution is -2.04. The quantitative estimate of drug-likeness (QED) is 0.795. The van der Waals surface area contributed by atoms with Gasteiger partial charge < -0.3 is 4.74 Å². The van der Waals surface area contributed by atoms with Crippen LogP contribution < -0.4 is 4.74 Å². The number of ether oxygens (including phenoxy) is 1. The average Bonchev–Trinajstić information content (AvgIpc) is 2.60. The molecule has 2 rings (SSSR count). The van der Waals surface area contributed by atoms with E-state index < -0.39 is 12.4 Å². The van der Waals surface area contributed by atoms with Crippen LogP contribution in [0.4, 0.5) is 13.2 Å². The molecule has 0 N–H and O–H groups in total. The lowest BCUT2D eigenvalue weighted by atomic mass is 10.4. The van der Waals surface area contributed by atoms with Crippen LogP contribution in [-0.4, -0.2) is 21.4 Å². The van der Waals surface area contributed by atoms with Gasteiger partial charge in [0.25, 0.3) is 5.88 Å². The van der Waals surface area contributed by atoms with Crippen LogP contribution in [0.2, 0.25) is 0 Å². The fourth-order valence-corrected chi connectivity index (χ4v) is 1.62. The first-order valence-corrected chi connectivity index (χ1v) is 5.46. The highest BCUT2D eigenvalue weighted by Crippen LogP contribution is 2.21. The predicted molar refractivity (Wildman–Crippen MR) is 60.7 cm³/mol. The molecule has 2 heterocycles. The van der Waals surface area contributed by atoms with Crippen molar-refractivity contribution in [1.82, 2.24) is 14.8 Å². The standard InChI is InChI=1S/C9H5F3IN3O/c10-5-1-2-7(14-3-5)16-4-6(13)8(15-16)17-9(11)12/h1-4,9H. The zero-order valence-electron chi connectivity index (χ0n) is 8.15. The number of hydrogen-bond donors (Lipinski definition) is 0. The summed E-state index contributed by atoms with van der Waals surface area (Å²) < 4.78 is 42.5. The third-order valence-corrected chi connectivity index (χ3v) is 2.53. The first-order chi connectivity index (χ1) is 8.06. The molecule has 0 bridgehead atoms. The van der Waals surface area contributed by atoms with Gasteiger partial charge in [-0.15, -0.1) is 5.10 Å². The van der Waals surface area contributed by atoms with Crippen molar-refractivity contribution in [1.29, 1.82) is 0 Å². The van der Waals surface area contributed by atoms with E-state index in [-0.39, 0.29) is 5.88 Å². The molecule has 17 heavy (non-hydrogen) atoms. The number of rotatable bonds is 3. The highest BCUT2D eigenvalue weighted by molar-refractivity contribution is 14.1. The largest absolute Gasteiger partial charge is 0.414 e. The maximum atomic E-state index is 12.6. The zero-order chi connectivity index (χ0) is 12.4. The Bertz CT molecular complexity index is 515. The summed E-state index contributed by atoms with van der Waals surface area (Å²) >= 11 is 1.80. The van der Waals surface area contributed by atoms with Crippen LogP contribution in [0.3, 0.4) is 0 Å². The number of nitrogens with zero attached hydrogens (tertiary/aromatic N) is 3.